The van der Waals surface area contributed by atoms with Gasteiger partial charge in [0.15, 0.2) is 0 Å². The van der Waals surface area contributed by atoms with E-state index in [0.717, 1.165) is 11.3 Å². The highest BCUT2D eigenvalue weighted by Crippen LogP contribution is 2.15. The molecule has 4 heteroatoms. The van der Waals surface area contributed by atoms with E-state index in [1.807, 2.05) is 24.3 Å². The van der Waals surface area contributed by atoms with E-state index in [1.54, 1.807) is 0 Å². The number of hydrogen-bond donors (Lipinski definition) is 1. The van der Waals surface area contributed by atoms with Crippen molar-refractivity contribution < 1.29 is 14.3 Å². The average molecular weight is 221 g/mol. The molecule has 0 saturated heterocycles. The molecule has 86 valence electrons. The van der Waals surface area contributed by atoms with Crippen LogP contribution < -0.4 is 5.32 Å². The summed E-state index contributed by atoms with van der Waals surface area (Å²) in [6.07, 6.45) is 0.593. The first-order valence-electron chi connectivity index (χ1n) is 5.08. The molecule has 16 heavy (non-hydrogen) atoms. The number of hydrogen-bond acceptors (Lipinski definition) is 3. The average Bonchev–Trinajstić information content (AvgIpc) is 2.19. The molecule has 0 heterocycles. The lowest BCUT2D eigenvalue weighted by Crippen LogP contribution is -2.10. The van der Waals surface area contributed by atoms with Gasteiger partial charge in [0.05, 0.1) is 6.61 Å². The van der Waals surface area contributed by atoms with Gasteiger partial charge in [0.25, 0.3) is 0 Å². The summed E-state index contributed by atoms with van der Waals surface area (Å²) in [6, 6.07) is 7.45. The Hall–Kier alpha value is -1.84. The summed E-state index contributed by atoms with van der Waals surface area (Å²) in [5, 5.41) is 2.73. The van der Waals surface area contributed by atoms with E-state index < -0.39 is 0 Å². The van der Waals surface area contributed by atoms with Crippen molar-refractivity contribution in [3.8, 4) is 0 Å². The summed E-state index contributed by atoms with van der Waals surface area (Å²) in [7, 11) is 0. The van der Waals surface area contributed by atoms with Gasteiger partial charge < -0.3 is 10.1 Å². The van der Waals surface area contributed by atoms with Crippen LogP contribution in [0.25, 0.3) is 0 Å². The molecule has 0 saturated carbocycles. The van der Waals surface area contributed by atoms with Crippen LogP contribution in [0.5, 0.6) is 0 Å². The van der Waals surface area contributed by atoms with E-state index in [0.29, 0.717) is 13.0 Å². The van der Waals surface area contributed by atoms with Gasteiger partial charge in [0, 0.05) is 26.0 Å². The zero-order chi connectivity index (χ0) is 12.0. The van der Waals surface area contributed by atoms with Crippen molar-refractivity contribution in [2.24, 2.45) is 0 Å². The summed E-state index contributed by atoms with van der Waals surface area (Å²) < 4.78 is 4.85. The predicted molar refractivity (Wildman–Crippen MR) is 61.1 cm³/mol. The van der Waals surface area contributed by atoms with Crippen molar-refractivity contribution in [2.45, 2.75) is 20.3 Å². The van der Waals surface area contributed by atoms with Crippen LogP contribution in [-0.4, -0.2) is 18.5 Å². The first-order chi connectivity index (χ1) is 7.59. The zero-order valence-corrected chi connectivity index (χ0v) is 9.45. The molecule has 0 aromatic heterocycles. The summed E-state index contributed by atoms with van der Waals surface area (Å²) >= 11 is 0. The number of nitrogens with one attached hydrogen (secondary N) is 1. The Morgan fingerprint density at radius 2 is 1.94 bits per heavy atom. The van der Waals surface area contributed by atoms with Gasteiger partial charge in [-0.25, -0.2) is 0 Å². The van der Waals surface area contributed by atoms with Crippen LogP contribution in [0.2, 0.25) is 0 Å². The first-order valence-corrected chi connectivity index (χ1v) is 5.08. The molecule has 0 aliphatic rings. The predicted octanol–water partition coefficient (Wildman–Crippen LogP) is 1.75. The molecule has 0 bridgehead atoms. The van der Waals surface area contributed by atoms with E-state index in [-0.39, 0.29) is 11.9 Å². The Labute approximate surface area is 94.6 Å². The number of para-hydroxylation sites is 1. The minimum absolute atomic E-state index is 0.111. The molecule has 0 radical (unpaired) electrons. The zero-order valence-electron chi connectivity index (χ0n) is 9.45. The lowest BCUT2D eigenvalue weighted by atomic mass is 10.1. The summed E-state index contributed by atoms with van der Waals surface area (Å²) in [5.74, 6) is -0.406. The van der Waals surface area contributed by atoms with Crippen molar-refractivity contribution in [3.05, 3.63) is 29.8 Å². The highest BCUT2D eigenvalue weighted by Gasteiger charge is 2.03. The fourth-order valence-electron chi connectivity index (χ4n) is 1.35. The second-order valence-corrected chi connectivity index (χ2v) is 3.43. The first kappa shape index (κ1) is 12.2. The van der Waals surface area contributed by atoms with Gasteiger partial charge in [-0.05, 0) is 11.6 Å². The van der Waals surface area contributed by atoms with E-state index >= 15 is 0 Å². The maximum atomic E-state index is 11.0. The minimum atomic E-state index is -0.294. The number of benzene rings is 1. The van der Waals surface area contributed by atoms with Crippen molar-refractivity contribution in [1.82, 2.24) is 0 Å². The molecule has 4 nitrogen and oxygen atoms in total. The third-order valence-electron chi connectivity index (χ3n) is 2.00. The Morgan fingerprint density at radius 3 is 2.56 bits per heavy atom. The van der Waals surface area contributed by atoms with Crippen molar-refractivity contribution in [2.75, 3.05) is 11.9 Å². The van der Waals surface area contributed by atoms with Crippen LogP contribution in [0.4, 0.5) is 5.69 Å². The number of anilines is 1. The van der Waals surface area contributed by atoms with Gasteiger partial charge in [0.2, 0.25) is 5.91 Å². The van der Waals surface area contributed by atoms with E-state index in [2.05, 4.69) is 5.32 Å². The van der Waals surface area contributed by atoms with Crippen LogP contribution >= 0.6 is 0 Å². The number of ether oxygens (including phenoxy) is 1. The van der Waals surface area contributed by atoms with Gasteiger partial charge >= 0.3 is 5.97 Å². The quantitative estimate of drug-likeness (QED) is 0.788. The molecule has 0 fully saturated rings. The van der Waals surface area contributed by atoms with Crippen LogP contribution in [-0.2, 0) is 20.7 Å². The summed E-state index contributed by atoms with van der Waals surface area (Å²) in [5.41, 5.74) is 1.72. The normalized spacial score (nSPS) is 9.62. The molecule has 0 aliphatic heterocycles. The monoisotopic (exact) mass is 221 g/mol. The smallest absolute Gasteiger partial charge is 0.302 e. The molecule has 1 amide bonds. The highest BCUT2D eigenvalue weighted by molar-refractivity contribution is 5.89. The fraction of sp³-hybridized carbons (Fsp3) is 0.333. The maximum Gasteiger partial charge on any atom is 0.302 e. The van der Waals surface area contributed by atoms with Crippen LogP contribution in [0, 0.1) is 0 Å². The second kappa shape index (κ2) is 5.90. The summed E-state index contributed by atoms with van der Waals surface area (Å²) in [4.78, 5) is 21.6. The molecular weight excluding hydrogens is 206 g/mol. The highest BCUT2D eigenvalue weighted by atomic mass is 16.5. The van der Waals surface area contributed by atoms with Crippen LogP contribution in [0.15, 0.2) is 24.3 Å². The molecule has 0 aliphatic carbocycles. The number of carbonyl (C=O) groups is 2. The number of esters is 1. The molecule has 1 N–H and O–H groups in total. The lowest BCUT2D eigenvalue weighted by Gasteiger charge is -2.09. The Morgan fingerprint density at radius 1 is 1.25 bits per heavy atom. The molecule has 0 atom stereocenters. The lowest BCUT2D eigenvalue weighted by molar-refractivity contribution is -0.140. The van der Waals surface area contributed by atoms with Crippen molar-refractivity contribution in [1.29, 1.82) is 0 Å². The van der Waals surface area contributed by atoms with Crippen LogP contribution in [0.3, 0.4) is 0 Å². The standard InChI is InChI=1S/C12H15NO3/c1-9(14)13-12-6-4-3-5-11(12)7-8-16-10(2)15/h3-6H,7-8H2,1-2H3,(H,13,14). The molecule has 1 rings (SSSR count). The van der Waals surface area contributed by atoms with Gasteiger partial charge in [-0.3, -0.25) is 9.59 Å². The number of rotatable bonds is 4. The molecule has 1 aromatic carbocycles. The minimum Gasteiger partial charge on any atom is -0.466 e. The van der Waals surface area contributed by atoms with Crippen molar-refractivity contribution >= 4 is 17.6 Å². The van der Waals surface area contributed by atoms with Gasteiger partial charge in [-0.15, -0.1) is 0 Å². The van der Waals surface area contributed by atoms with E-state index in [1.165, 1.54) is 13.8 Å². The third kappa shape index (κ3) is 4.13. The largest absolute Gasteiger partial charge is 0.466 e. The van der Waals surface area contributed by atoms with Gasteiger partial charge in [-0.1, -0.05) is 18.2 Å². The number of amides is 1. The molecule has 0 spiro atoms. The SMILES string of the molecule is CC(=O)Nc1ccccc1CCOC(C)=O. The molecule has 0 unspecified atom stereocenters. The molecular formula is C12H15NO3. The number of carbonyl (C=O) groups excluding carboxylic acids is 2. The summed E-state index contributed by atoms with van der Waals surface area (Å²) in [6.45, 7) is 3.16. The maximum absolute atomic E-state index is 11.0. The van der Waals surface area contributed by atoms with Crippen LogP contribution in [0.1, 0.15) is 19.4 Å². The Bertz CT molecular complexity index is 388. The second-order valence-electron chi connectivity index (χ2n) is 3.43. The van der Waals surface area contributed by atoms with E-state index in [9.17, 15) is 9.59 Å². The fourth-order valence-corrected chi connectivity index (χ4v) is 1.35. The van der Waals surface area contributed by atoms with E-state index in [4.69, 9.17) is 4.74 Å². The Kier molecular flexibility index (Phi) is 4.51. The van der Waals surface area contributed by atoms with Gasteiger partial charge in [-0.2, -0.15) is 0 Å². The van der Waals surface area contributed by atoms with Gasteiger partial charge in [0.1, 0.15) is 0 Å². The molecule has 1 aromatic rings. The topological polar surface area (TPSA) is 55.4 Å². The third-order valence-corrected chi connectivity index (χ3v) is 2.00. The van der Waals surface area contributed by atoms with Crippen molar-refractivity contribution in [3.63, 3.8) is 0 Å². The Balaban J connectivity index is 2.63.